The molecule has 0 fully saturated rings. The van der Waals surface area contributed by atoms with Crippen molar-refractivity contribution in [1.29, 1.82) is 0 Å². The number of hydrogen-bond acceptors (Lipinski definition) is 2. The molecule has 0 bridgehead atoms. The SMILES string of the molecule is C=CCC[C@H](C(N)=O)C(CC(C)C)C(=O)NC. The molecule has 0 saturated heterocycles. The number of nitrogens with two attached hydrogens (primary N) is 1. The molecule has 98 valence electrons. The van der Waals surface area contributed by atoms with Crippen molar-refractivity contribution in [2.75, 3.05) is 7.05 Å². The molecule has 0 rings (SSSR count). The van der Waals surface area contributed by atoms with Gasteiger partial charge in [0.25, 0.3) is 0 Å². The summed E-state index contributed by atoms with van der Waals surface area (Å²) in [6.07, 6.45) is 3.69. The monoisotopic (exact) mass is 240 g/mol. The van der Waals surface area contributed by atoms with Crippen LogP contribution in [-0.2, 0) is 9.59 Å². The highest BCUT2D eigenvalue weighted by atomic mass is 16.2. The van der Waals surface area contributed by atoms with Crippen molar-refractivity contribution in [2.45, 2.75) is 33.1 Å². The summed E-state index contributed by atoms with van der Waals surface area (Å²) in [6.45, 7) is 7.68. The van der Waals surface area contributed by atoms with E-state index in [1.807, 2.05) is 13.8 Å². The molecule has 0 heterocycles. The first-order chi connectivity index (χ1) is 7.93. The van der Waals surface area contributed by atoms with Crippen molar-refractivity contribution in [2.24, 2.45) is 23.5 Å². The van der Waals surface area contributed by atoms with Crippen LogP contribution in [0.25, 0.3) is 0 Å². The zero-order chi connectivity index (χ0) is 13.4. The maximum atomic E-state index is 11.8. The van der Waals surface area contributed by atoms with Gasteiger partial charge in [0.05, 0.1) is 0 Å². The number of nitrogens with one attached hydrogen (secondary N) is 1. The first-order valence-electron chi connectivity index (χ1n) is 6.05. The van der Waals surface area contributed by atoms with Crippen LogP contribution in [0, 0.1) is 17.8 Å². The first-order valence-corrected chi connectivity index (χ1v) is 6.05. The molecule has 0 radical (unpaired) electrons. The predicted octanol–water partition coefficient (Wildman–Crippen LogP) is 1.46. The molecule has 4 heteroatoms. The Morgan fingerprint density at radius 1 is 1.35 bits per heavy atom. The van der Waals surface area contributed by atoms with E-state index in [-0.39, 0.29) is 11.8 Å². The number of carbonyl (C=O) groups is 2. The van der Waals surface area contributed by atoms with Gasteiger partial charge in [0, 0.05) is 18.9 Å². The highest BCUT2D eigenvalue weighted by Gasteiger charge is 2.31. The second kappa shape index (κ2) is 7.87. The standard InChI is InChI=1S/C13H24N2O2/c1-5-6-7-10(12(14)16)11(8-9(2)3)13(17)15-4/h5,9-11H,1,6-8H2,2-4H3,(H2,14,16)(H,15,17)/t10-,11?/m0/s1. The maximum Gasteiger partial charge on any atom is 0.223 e. The molecule has 0 spiro atoms. The van der Waals surface area contributed by atoms with Gasteiger partial charge in [-0.25, -0.2) is 0 Å². The molecule has 0 aliphatic carbocycles. The molecule has 4 nitrogen and oxygen atoms in total. The van der Waals surface area contributed by atoms with Crippen molar-refractivity contribution >= 4 is 11.8 Å². The summed E-state index contributed by atoms with van der Waals surface area (Å²) in [4.78, 5) is 23.3. The van der Waals surface area contributed by atoms with E-state index < -0.39 is 11.8 Å². The first kappa shape index (κ1) is 15.7. The zero-order valence-corrected chi connectivity index (χ0v) is 11.0. The summed E-state index contributed by atoms with van der Waals surface area (Å²) in [5, 5.41) is 2.61. The zero-order valence-electron chi connectivity index (χ0n) is 11.0. The average molecular weight is 240 g/mol. The third-order valence-electron chi connectivity index (χ3n) is 2.84. The summed E-state index contributed by atoms with van der Waals surface area (Å²) in [5.41, 5.74) is 5.39. The Bertz CT molecular complexity index is 275. The lowest BCUT2D eigenvalue weighted by atomic mass is 9.81. The normalized spacial score (nSPS) is 14.1. The van der Waals surface area contributed by atoms with Crippen LogP contribution >= 0.6 is 0 Å². The van der Waals surface area contributed by atoms with Gasteiger partial charge in [0.15, 0.2) is 0 Å². The van der Waals surface area contributed by atoms with E-state index >= 15 is 0 Å². The van der Waals surface area contributed by atoms with Gasteiger partial charge < -0.3 is 11.1 Å². The van der Waals surface area contributed by atoms with Crippen LogP contribution in [0.1, 0.15) is 33.1 Å². The molecule has 1 unspecified atom stereocenters. The van der Waals surface area contributed by atoms with Gasteiger partial charge in [-0.05, 0) is 25.2 Å². The minimum absolute atomic E-state index is 0.105. The Hall–Kier alpha value is -1.32. The van der Waals surface area contributed by atoms with Gasteiger partial charge in [-0.1, -0.05) is 19.9 Å². The van der Waals surface area contributed by atoms with Gasteiger partial charge >= 0.3 is 0 Å². The molecular weight excluding hydrogens is 216 g/mol. The number of rotatable bonds is 8. The third-order valence-corrected chi connectivity index (χ3v) is 2.84. The van der Waals surface area contributed by atoms with Crippen LogP contribution < -0.4 is 11.1 Å². The van der Waals surface area contributed by atoms with E-state index in [0.717, 1.165) is 0 Å². The van der Waals surface area contributed by atoms with Crippen LogP contribution in [0.5, 0.6) is 0 Å². The highest BCUT2D eigenvalue weighted by molar-refractivity contribution is 5.86. The summed E-state index contributed by atoms with van der Waals surface area (Å²) >= 11 is 0. The molecule has 0 aromatic rings. The Morgan fingerprint density at radius 2 is 1.94 bits per heavy atom. The second-order valence-corrected chi connectivity index (χ2v) is 4.73. The van der Waals surface area contributed by atoms with Gasteiger partial charge in [0.2, 0.25) is 11.8 Å². The lowest BCUT2D eigenvalue weighted by Gasteiger charge is -2.24. The number of hydrogen-bond donors (Lipinski definition) is 2. The molecule has 0 aliphatic rings. The fourth-order valence-corrected chi connectivity index (χ4v) is 1.99. The molecule has 2 amide bonds. The topological polar surface area (TPSA) is 72.2 Å². The van der Waals surface area contributed by atoms with Crippen molar-refractivity contribution < 1.29 is 9.59 Å². The van der Waals surface area contributed by atoms with Gasteiger partial charge in [-0.2, -0.15) is 0 Å². The van der Waals surface area contributed by atoms with E-state index in [1.54, 1.807) is 13.1 Å². The molecular formula is C13H24N2O2. The molecule has 0 aromatic heterocycles. The van der Waals surface area contributed by atoms with Crippen molar-refractivity contribution in [3.63, 3.8) is 0 Å². The minimum Gasteiger partial charge on any atom is -0.369 e. The highest BCUT2D eigenvalue weighted by Crippen LogP contribution is 2.25. The molecule has 0 aliphatic heterocycles. The molecule has 2 atom stereocenters. The van der Waals surface area contributed by atoms with Gasteiger partial charge in [0.1, 0.15) is 0 Å². The van der Waals surface area contributed by atoms with Crippen LogP contribution in [0.2, 0.25) is 0 Å². The fraction of sp³-hybridized carbons (Fsp3) is 0.692. The Morgan fingerprint density at radius 3 is 2.29 bits per heavy atom. The Kier molecular flexibility index (Phi) is 7.26. The molecule has 0 aromatic carbocycles. The average Bonchev–Trinajstić information content (AvgIpc) is 2.26. The second-order valence-electron chi connectivity index (χ2n) is 4.73. The quantitative estimate of drug-likeness (QED) is 0.630. The molecule has 3 N–H and O–H groups in total. The number of carbonyl (C=O) groups excluding carboxylic acids is 2. The lowest BCUT2D eigenvalue weighted by Crippen LogP contribution is -2.39. The molecule has 0 saturated carbocycles. The van der Waals surface area contributed by atoms with Gasteiger partial charge in [-0.3, -0.25) is 9.59 Å². The van der Waals surface area contributed by atoms with E-state index in [2.05, 4.69) is 11.9 Å². The van der Waals surface area contributed by atoms with Crippen LogP contribution in [0.4, 0.5) is 0 Å². The van der Waals surface area contributed by atoms with E-state index in [9.17, 15) is 9.59 Å². The maximum absolute atomic E-state index is 11.8. The Labute approximate surface area is 104 Å². The number of allylic oxidation sites excluding steroid dienone is 1. The fourth-order valence-electron chi connectivity index (χ4n) is 1.99. The number of amides is 2. The third kappa shape index (κ3) is 5.52. The van der Waals surface area contributed by atoms with Crippen molar-refractivity contribution in [1.82, 2.24) is 5.32 Å². The summed E-state index contributed by atoms with van der Waals surface area (Å²) in [7, 11) is 1.58. The molecule has 17 heavy (non-hydrogen) atoms. The summed E-state index contributed by atoms with van der Waals surface area (Å²) in [6, 6.07) is 0. The van der Waals surface area contributed by atoms with E-state index in [0.29, 0.717) is 25.2 Å². The summed E-state index contributed by atoms with van der Waals surface area (Å²) < 4.78 is 0. The van der Waals surface area contributed by atoms with Crippen LogP contribution in [0.3, 0.4) is 0 Å². The van der Waals surface area contributed by atoms with Gasteiger partial charge in [-0.15, -0.1) is 6.58 Å². The van der Waals surface area contributed by atoms with E-state index in [1.165, 1.54) is 0 Å². The van der Waals surface area contributed by atoms with Crippen molar-refractivity contribution in [3.8, 4) is 0 Å². The largest absolute Gasteiger partial charge is 0.369 e. The number of primary amides is 1. The Balaban J connectivity index is 4.85. The van der Waals surface area contributed by atoms with Crippen LogP contribution in [-0.4, -0.2) is 18.9 Å². The predicted molar refractivity (Wildman–Crippen MR) is 69.1 cm³/mol. The van der Waals surface area contributed by atoms with Crippen LogP contribution in [0.15, 0.2) is 12.7 Å². The van der Waals surface area contributed by atoms with Crippen molar-refractivity contribution in [3.05, 3.63) is 12.7 Å². The lowest BCUT2D eigenvalue weighted by molar-refractivity contribution is -0.133. The minimum atomic E-state index is -0.407. The smallest absolute Gasteiger partial charge is 0.223 e. The van der Waals surface area contributed by atoms with E-state index in [4.69, 9.17) is 5.73 Å². The summed E-state index contributed by atoms with van der Waals surface area (Å²) in [5.74, 6) is -0.900.